The molecule has 2 N–H and O–H groups in total. The lowest BCUT2D eigenvalue weighted by Crippen LogP contribution is -2.29. The molecule has 0 aliphatic carbocycles. The van der Waals surface area contributed by atoms with Gasteiger partial charge in [-0.05, 0) is 42.5 Å². The topological polar surface area (TPSA) is 110 Å². The lowest BCUT2D eigenvalue weighted by atomic mass is 10.2. The second kappa shape index (κ2) is 9.98. The minimum atomic E-state index is -1.01. The van der Waals surface area contributed by atoms with E-state index in [-0.39, 0.29) is 18.7 Å². The molecule has 174 valence electrons. The third-order valence-corrected chi connectivity index (χ3v) is 5.57. The number of hydrogen-bond donors (Lipinski definition) is 2. The maximum absolute atomic E-state index is 13.0. The first-order valence-electron chi connectivity index (χ1n) is 10.1. The molecular weight excluding hydrogens is 481 g/mol. The minimum Gasteiger partial charge on any atom is -0.492 e. The van der Waals surface area contributed by atoms with Gasteiger partial charge >= 0.3 is 6.09 Å². The fourth-order valence-corrected chi connectivity index (χ4v) is 3.72. The van der Waals surface area contributed by atoms with Crippen LogP contribution in [0.1, 0.15) is 0 Å². The van der Waals surface area contributed by atoms with Gasteiger partial charge in [0.05, 0.1) is 33.2 Å². The maximum atomic E-state index is 13.0. The van der Waals surface area contributed by atoms with Crippen LogP contribution in [0.5, 0.6) is 5.75 Å². The highest BCUT2D eigenvalue weighted by Gasteiger charge is 2.13. The van der Waals surface area contributed by atoms with Gasteiger partial charge in [-0.2, -0.15) is 0 Å². The van der Waals surface area contributed by atoms with Crippen LogP contribution in [0.15, 0.2) is 65.7 Å². The van der Waals surface area contributed by atoms with Crippen molar-refractivity contribution in [3.63, 3.8) is 0 Å². The SMILES string of the molecule is CN(CCOc1ccc(Nc2ncc3c(=O)n(-c4c(Cl)cccc4Cl)ccc3n2)cc1)C(=O)O. The summed E-state index contributed by atoms with van der Waals surface area (Å²) in [5.74, 6) is 0.916. The van der Waals surface area contributed by atoms with Crippen molar-refractivity contribution >= 4 is 51.8 Å². The number of carbonyl (C=O) groups is 1. The number of ether oxygens (including phenoxy) is 1. The molecule has 9 nitrogen and oxygen atoms in total. The normalized spacial score (nSPS) is 10.8. The molecule has 2 aromatic heterocycles. The Morgan fingerprint density at radius 1 is 1.15 bits per heavy atom. The zero-order valence-corrected chi connectivity index (χ0v) is 19.4. The number of carboxylic acid groups (broad SMARTS) is 1. The van der Waals surface area contributed by atoms with Crippen molar-refractivity contribution < 1.29 is 14.6 Å². The first-order chi connectivity index (χ1) is 16.3. The molecule has 0 atom stereocenters. The molecule has 0 unspecified atom stereocenters. The number of halogens is 2. The first-order valence-corrected chi connectivity index (χ1v) is 10.9. The Balaban J connectivity index is 1.49. The van der Waals surface area contributed by atoms with Gasteiger partial charge in [-0.1, -0.05) is 29.3 Å². The van der Waals surface area contributed by atoms with Gasteiger partial charge in [0.15, 0.2) is 0 Å². The maximum Gasteiger partial charge on any atom is 0.407 e. The Morgan fingerprint density at radius 3 is 2.53 bits per heavy atom. The second-order valence-electron chi connectivity index (χ2n) is 7.26. The van der Waals surface area contributed by atoms with Crippen molar-refractivity contribution in [3.05, 3.63) is 81.3 Å². The van der Waals surface area contributed by atoms with E-state index in [1.807, 2.05) is 0 Å². The van der Waals surface area contributed by atoms with Gasteiger partial charge in [0.25, 0.3) is 5.56 Å². The molecule has 0 radical (unpaired) electrons. The number of fused-ring (bicyclic) bond motifs is 1. The van der Waals surface area contributed by atoms with E-state index in [1.165, 1.54) is 17.8 Å². The number of benzene rings is 2. The Morgan fingerprint density at radius 2 is 1.85 bits per heavy atom. The van der Waals surface area contributed by atoms with Crippen LogP contribution in [0.25, 0.3) is 16.6 Å². The number of pyridine rings is 1. The number of aromatic nitrogens is 3. The summed E-state index contributed by atoms with van der Waals surface area (Å²) < 4.78 is 6.92. The van der Waals surface area contributed by atoms with Gasteiger partial charge < -0.3 is 20.1 Å². The summed E-state index contributed by atoms with van der Waals surface area (Å²) in [5, 5.41) is 13.0. The molecule has 0 bridgehead atoms. The summed E-state index contributed by atoms with van der Waals surface area (Å²) in [4.78, 5) is 33.6. The van der Waals surface area contributed by atoms with Gasteiger partial charge in [0.2, 0.25) is 5.95 Å². The van der Waals surface area contributed by atoms with Crippen molar-refractivity contribution in [2.45, 2.75) is 0 Å². The molecule has 1 amide bonds. The van der Waals surface area contributed by atoms with E-state index < -0.39 is 6.09 Å². The Labute approximate surface area is 204 Å². The van der Waals surface area contributed by atoms with E-state index >= 15 is 0 Å². The molecule has 0 spiro atoms. The summed E-state index contributed by atoms with van der Waals surface area (Å²) in [7, 11) is 1.48. The molecule has 4 aromatic rings. The molecular formula is C23H19Cl2N5O4. The number of likely N-dealkylation sites (N-methyl/N-ethyl adjacent to an activating group) is 1. The first kappa shape index (κ1) is 23.3. The fraction of sp³-hybridized carbons (Fsp3) is 0.130. The molecule has 2 aromatic carbocycles. The third-order valence-electron chi connectivity index (χ3n) is 4.96. The van der Waals surface area contributed by atoms with Gasteiger partial charge in [-0.3, -0.25) is 9.36 Å². The van der Waals surface area contributed by atoms with E-state index in [2.05, 4.69) is 15.3 Å². The molecule has 0 aliphatic rings. The lowest BCUT2D eigenvalue weighted by molar-refractivity contribution is 0.147. The number of para-hydroxylation sites is 1. The predicted molar refractivity (Wildman–Crippen MR) is 131 cm³/mol. The highest BCUT2D eigenvalue weighted by Crippen LogP contribution is 2.27. The third kappa shape index (κ3) is 5.05. The van der Waals surface area contributed by atoms with Gasteiger partial charge in [0, 0.05) is 25.1 Å². The molecule has 34 heavy (non-hydrogen) atoms. The van der Waals surface area contributed by atoms with Crippen LogP contribution in [0.4, 0.5) is 16.4 Å². The zero-order chi connectivity index (χ0) is 24.2. The summed E-state index contributed by atoms with van der Waals surface area (Å²) in [6.45, 7) is 0.491. The van der Waals surface area contributed by atoms with Crippen molar-refractivity contribution in [1.82, 2.24) is 19.4 Å². The van der Waals surface area contributed by atoms with Gasteiger partial charge in [0.1, 0.15) is 12.4 Å². The molecule has 0 aliphatic heterocycles. The van der Waals surface area contributed by atoms with Crippen LogP contribution in [0.2, 0.25) is 10.0 Å². The highest BCUT2D eigenvalue weighted by atomic mass is 35.5. The number of anilines is 2. The molecule has 2 heterocycles. The van der Waals surface area contributed by atoms with Crippen molar-refractivity contribution in [2.24, 2.45) is 0 Å². The summed E-state index contributed by atoms with van der Waals surface area (Å²) >= 11 is 12.5. The number of nitrogens with zero attached hydrogens (tertiary/aromatic N) is 4. The van der Waals surface area contributed by atoms with Crippen LogP contribution in [0, 0.1) is 0 Å². The van der Waals surface area contributed by atoms with Crippen molar-refractivity contribution in [1.29, 1.82) is 0 Å². The van der Waals surface area contributed by atoms with Crippen LogP contribution in [0.3, 0.4) is 0 Å². The Bertz CT molecular complexity index is 1390. The summed E-state index contributed by atoms with van der Waals surface area (Å²) in [6.07, 6.45) is 2.01. The largest absolute Gasteiger partial charge is 0.492 e. The van der Waals surface area contributed by atoms with E-state index in [1.54, 1.807) is 54.7 Å². The molecule has 0 saturated heterocycles. The second-order valence-corrected chi connectivity index (χ2v) is 8.07. The van der Waals surface area contributed by atoms with Crippen LogP contribution < -0.4 is 15.6 Å². The monoisotopic (exact) mass is 499 g/mol. The number of rotatable bonds is 7. The number of nitrogens with one attached hydrogen (secondary N) is 1. The predicted octanol–water partition coefficient (Wildman–Crippen LogP) is 4.82. The number of hydrogen-bond acceptors (Lipinski definition) is 6. The molecule has 4 rings (SSSR count). The van der Waals surface area contributed by atoms with Gasteiger partial charge in [-0.15, -0.1) is 0 Å². The smallest absolute Gasteiger partial charge is 0.407 e. The highest BCUT2D eigenvalue weighted by molar-refractivity contribution is 6.37. The molecule has 11 heteroatoms. The van der Waals surface area contributed by atoms with E-state index in [9.17, 15) is 9.59 Å². The van der Waals surface area contributed by atoms with E-state index in [4.69, 9.17) is 33.0 Å². The standard InChI is InChI=1S/C23H19Cl2N5O4/c1-29(23(32)33)11-12-34-15-7-5-14(6-8-15)27-22-26-13-16-19(28-22)9-10-30(21(16)31)20-17(24)3-2-4-18(20)25/h2-10,13H,11-12H2,1H3,(H,32,33)(H,26,27,28). The van der Waals surface area contributed by atoms with E-state index in [0.29, 0.717) is 44.0 Å². The van der Waals surface area contributed by atoms with Gasteiger partial charge in [-0.25, -0.2) is 14.8 Å². The molecule has 0 saturated carbocycles. The van der Waals surface area contributed by atoms with Crippen molar-refractivity contribution in [2.75, 3.05) is 25.5 Å². The van der Waals surface area contributed by atoms with E-state index in [0.717, 1.165) is 4.90 Å². The summed E-state index contributed by atoms with van der Waals surface area (Å²) in [6, 6.07) is 13.8. The minimum absolute atomic E-state index is 0.236. The Hall–Kier alpha value is -3.82. The van der Waals surface area contributed by atoms with Crippen LogP contribution >= 0.6 is 23.2 Å². The quantitative estimate of drug-likeness (QED) is 0.375. The average Bonchev–Trinajstić information content (AvgIpc) is 2.81. The zero-order valence-electron chi connectivity index (χ0n) is 17.9. The summed E-state index contributed by atoms with van der Waals surface area (Å²) in [5.41, 5.74) is 1.24. The van der Waals surface area contributed by atoms with Crippen LogP contribution in [-0.2, 0) is 0 Å². The van der Waals surface area contributed by atoms with Crippen LogP contribution in [-0.4, -0.2) is 50.8 Å². The van der Waals surface area contributed by atoms with Crippen molar-refractivity contribution in [3.8, 4) is 11.4 Å². The fourth-order valence-electron chi connectivity index (χ4n) is 3.14. The molecule has 0 fully saturated rings. The Kier molecular flexibility index (Phi) is 6.85. The lowest BCUT2D eigenvalue weighted by Gasteiger charge is -2.13. The average molecular weight is 500 g/mol. The number of amides is 1.